The van der Waals surface area contributed by atoms with Gasteiger partial charge in [0.1, 0.15) is 0 Å². The largest absolute Gasteiger partial charge is 0.481 e. The lowest BCUT2D eigenvalue weighted by atomic mass is 10.0. The summed E-state index contributed by atoms with van der Waals surface area (Å²) < 4.78 is 1.33. The molecule has 0 fully saturated rings. The van der Waals surface area contributed by atoms with E-state index < -0.39 is 5.97 Å². The number of alkyl halides is 1. The van der Waals surface area contributed by atoms with Crippen LogP contribution in [0.25, 0.3) is 0 Å². The Morgan fingerprint density at radius 3 is 0.727 bits per heavy atom. The average Bonchev–Trinajstić information content (AvgIpc) is 2.80. The van der Waals surface area contributed by atoms with Crippen LogP contribution < -0.4 is 0 Å². The molecule has 0 aromatic rings. The van der Waals surface area contributed by atoms with E-state index in [1.165, 1.54) is 165 Å². The van der Waals surface area contributed by atoms with Gasteiger partial charge in [-0.1, -0.05) is 183 Å². The number of aliphatic carboxylic acids is 1. The lowest BCUT2D eigenvalue weighted by molar-refractivity contribution is -0.137. The lowest BCUT2D eigenvalue weighted by Crippen LogP contribution is -1.93. The number of carboxylic acids is 1. The Labute approximate surface area is 222 Å². The molecular weight excluding hydrogens is 519 g/mol. The van der Waals surface area contributed by atoms with Gasteiger partial charge in [-0.05, 0) is 17.3 Å². The summed E-state index contributed by atoms with van der Waals surface area (Å²) in [6.07, 6.45) is 38.1. The van der Waals surface area contributed by atoms with Crippen LogP contribution in [-0.2, 0) is 4.79 Å². The summed E-state index contributed by atoms with van der Waals surface area (Å²) >= 11 is 2.49. The molecule has 198 valence electrons. The van der Waals surface area contributed by atoms with Gasteiger partial charge in [0.15, 0.2) is 0 Å². The maximum absolute atomic E-state index is 10.4. The Balaban J connectivity index is 3.01. The van der Waals surface area contributed by atoms with Crippen molar-refractivity contribution in [3.63, 3.8) is 0 Å². The number of carbonyl (C=O) groups is 1. The first-order valence-electron chi connectivity index (χ1n) is 15.0. The molecule has 0 aliphatic rings. The van der Waals surface area contributed by atoms with Crippen LogP contribution in [0.3, 0.4) is 0 Å². The van der Waals surface area contributed by atoms with Gasteiger partial charge in [0.2, 0.25) is 0 Å². The summed E-state index contributed by atoms with van der Waals surface area (Å²) in [6.45, 7) is 0. The fourth-order valence-corrected chi connectivity index (χ4v) is 5.33. The quantitative estimate of drug-likeness (QED) is 0.0544. The highest BCUT2D eigenvalue weighted by atomic mass is 127. The van der Waals surface area contributed by atoms with Gasteiger partial charge in [0.05, 0.1) is 0 Å². The third kappa shape index (κ3) is 32.2. The molecule has 1 N–H and O–H groups in total. The average molecular weight is 579 g/mol. The molecule has 0 bridgehead atoms. The van der Waals surface area contributed by atoms with E-state index in [9.17, 15) is 4.79 Å². The van der Waals surface area contributed by atoms with E-state index in [2.05, 4.69) is 22.6 Å². The van der Waals surface area contributed by atoms with Crippen molar-refractivity contribution in [2.24, 2.45) is 0 Å². The highest BCUT2D eigenvalue weighted by molar-refractivity contribution is 14.1. The normalized spacial score (nSPS) is 11.3. The molecule has 0 aromatic carbocycles. The van der Waals surface area contributed by atoms with E-state index in [0.717, 1.165) is 12.8 Å². The van der Waals surface area contributed by atoms with E-state index in [1.54, 1.807) is 0 Å². The van der Waals surface area contributed by atoms with Gasteiger partial charge in [-0.25, -0.2) is 0 Å². The Morgan fingerprint density at radius 2 is 0.545 bits per heavy atom. The molecule has 0 atom stereocenters. The van der Waals surface area contributed by atoms with E-state index >= 15 is 0 Å². The molecule has 0 rings (SSSR count). The van der Waals surface area contributed by atoms with Crippen molar-refractivity contribution >= 4 is 28.6 Å². The molecule has 0 aliphatic heterocycles. The van der Waals surface area contributed by atoms with Gasteiger partial charge in [-0.15, -0.1) is 0 Å². The lowest BCUT2D eigenvalue weighted by Gasteiger charge is -2.04. The molecular formula is C30H59IO2. The minimum absolute atomic E-state index is 0.347. The standard InChI is InChI=1S/C30H59IO2/c31-29-27-25-23-21-19-17-15-13-11-9-7-5-3-1-2-4-6-8-10-12-14-16-18-20-22-24-26-28-30(32)33/h1-29H2,(H,32,33). The number of carboxylic acid groups (broad SMARTS) is 1. The van der Waals surface area contributed by atoms with Crippen LogP contribution in [-0.4, -0.2) is 15.5 Å². The molecule has 0 aromatic heterocycles. The van der Waals surface area contributed by atoms with Crippen LogP contribution in [0.1, 0.15) is 180 Å². The first kappa shape index (κ1) is 33.2. The maximum Gasteiger partial charge on any atom is 0.303 e. The van der Waals surface area contributed by atoms with Gasteiger partial charge in [-0.2, -0.15) is 0 Å². The molecule has 0 amide bonds. The number of hydrogen-bond acceptors (Lipinski definition) is 1. The zero-order chi connectivity index (χ0) is 24.1. The van der Waals surface area contributed by atoms with Crippen molar-refractivity contribution in [2.75, 3.05) is 4.43 Å². The molecule has 2 nitrogen and oxygen atoms in total. The summed E-state index contributed by atoms with van der Waals surface area (Å²) in [5.41, 5.74) is 0. The van der Waals surface area contributed by atoms with Gasteiger partial charge >= 0.3 is 5.97 Å². The van der Waals surface area contributed by atoms with E-state index in [4.69, 9.17) is 5.11 Å². The number of hydrogen-bond donors (Lipinski definition) is 1. The van der Waals surface area contributed by atoms with Gasteiger partial charge in [0, 0.05) is 6.42 Å². The zero-order valence-electron chi connectivity index (χ0n) is 22.2. The summed E-state index contributed by atoms with van der Waals surface area (Å²) in [5.74, 6) is -0.648. The van der Waals surface area contributed by atoms with Crippen LogP contribution in [0.15, 0.2) is 0 Å². The van der Waals surface area contributed by atoms with Crippen molar-refractivity contribution < 1.29 is 9.90 Å². The maximum atomic E-state index is 10.4. The van der Waals surface area contributed by atoms with E-state index in [-0.39, 0.29) is 0 Å². The number of rotatable bonds is 29. The topological polar surface area (TPSA) is 37.3 Å². The number of halogens is 1. The van der Waals surface area contributed by atoms with Crippen molar-refractivity contribution in [1.82, 2.24) is 0 Å². The van der Waals surface area contributed by atoms with E-state index in [0.29, 0.717) is 6.42 Å². The minimum Gasteiger partial charge on any atom is -0.481 e. The van der Waals surface area contributed by atoms with Crippen LogP contribution in [0.2, 0.25) is 0 Å². The van der Waals surface area contributed by atoms with Crippen molar-refractivity contribution in [1.29, 1.82) is 0 Å². The molecule has 0 saturated carbocycles. The van der Waals surface area contributed by atoms with Crippen LogP contribution in [0.4, 0.5) is 0 Å². The Kier molecular flexibility index (Phi) is 30.4. The predicted molar refractivity (Wildman–Crippen MR) is 156 cm³/mol. The Hall–Kier alpha value is 0.200. The fourth-order valence-electron chi connectivity index (χ4n) is 4.79. The summed E-state index contributed by atoms with van der Waals surface area (Å²) in [6, 6.07) is 0. The molecule has 0 spiro atoms. The molecule has 0 radical (unpaired) electrons. The molecule has 0 saturated heterocycles. The van der Waals surface area contributed by atoms with E-state index in [1.807, 2.05) is 0 Å². The second-order valence-electron chi connectivity index (χ2n) is 10.4. The summed E-state index contributed by atoms with van der Waals surface area (Å²) in [7, 11) is 0. The van der Waals surface area contributed by atoms with Crippen molar-refractivity contribution in [2.45, 2.75) is 180 Å². The first-order valence-corrected chi connectivity index (χ1v) is 16.6. The molecule has 33 heavy (non-hydrogen) atoms. The zero-order valence-corrected chi connectivity index (χ0v) is 24.4. The second-order valence-corrected chi connectivity index (χ2v) is 11.5. The second kappa shape index (κ2) is 30.2. The first-order chi connectivity index (χ1) is 16.3. The van der Waals surface area contributed by atoms with Crippen LogP contribution >= 0.6 is 22.6 Å². The minimum atomic E-state index is -0.648. The fraction of sp³-hybridized carbons (Fsp3) is 0.967. The highest BCUT2D eigenvalue weighted by Gasteiger charge is 1.98. The Morgan fingerprint density at radius 1 is 0.364 bits per heavy atom. The number of unbranched alkanes of at least 4 members (excludes halogenated alkanes) is 26. The van der Waals surface area contributed by atoms with Gasteiger partial charge < -0.3 is 5.11 Å². The van der Waals surface area contributed by atoms with Crippen molar-refractivity contribution in [3.8, 4) is 0 Å². The van der Waals surface area contributed by atoms with Gasteiger partial charge in [-0.3, -0.25) is 4.79 Å². The third-order valence-corrected chi connectivity index (χ3v) is 7.79. The highest BCUT2D eigenvalue weighted by Crippen LogP contribution is 2.16. The summed E-state index contributed by atoms with van der Waals surface area (Å²) in [5, 5.41) is 8.61. The van der Waals surface area contributed by atoms with Crippen molar-refractivity contribution in [3.05, 3.63) is 0 Å². The Bertz CT molecular complexity index is 372. The third-order valence-electron chi connectivity index (χ3n) is 7.02. The molecule has 0 unspecified atom stereocenters. The molecule has 0 heterocycles. The van der Waals surface area contributed by atoms with Crippen LogP contribution in [0, 0.1) is 0 Å². The smallest absolute Gasteiger partial charge is 0.303 e. The monoisotopic (exact) mass is 578 g/mol. The molecule has 0 aliphatic carbocycles. The van der Waals surface area contributed by atoms with Gasteiger partial charge in [0.25, 0.3) is 0 Å². The summed E-state index contributed by atoms with van der Waals surface area (Å²) in [4.78, 5) is 10.4. The SMILES string of the molecule is O=C(O)CCCCCCCCCCCCCCCCCCCCCCCCCCCCCI. The predicted octanol–water partition coefficient (Wildman–Crippen LogP) is 11.4. The van der Waals surface area contributed by atoms with Crippen LogP contribution in [0.5, 0.6) is 0 Å². The molecule has 3 heteroatoms.